The Balaban J connectivity index is 1.82. The molecule has 24 heavy (non-hydrogen) atoms. The summed E-state index contributed by atoms with van der Waals surface area (Å²) in [5.74, 6) is -0.421. The lowest BCUT2D eigenvalue weighted by atomic mass is 10.2. The highest BCUT2D eigenvalue weighted by Crippen LogP contribution is 2.34. The van der Waals surface area contributed by atoms with Crippen LogP contribution in [0.25, 0.3) is 0 Å². The Kier molecular flexibility index (Phi) is 4.98. The third-order valence-corrected chi connectivity index (χ3v) is 4.93. The number of hydrogen-bond acceptors (Lipinski definition) is 6. The Morgan fingerprint density at radius 3 is 2.71 bits per heavy atom. The summed E-state index contributed by atoms with van der Waals surface area (Å²) in [5.41, 5.74) is 1.29. The number of carbonyl (C=O) groups is 1. The summed E-state index contributed by atoms with van der Waals surface area (Å²) in [4.78, 5) is 25.0. The second-order valence-corrected chi connectivity index (χ2v) is 6.75. The predicted molar refractivity (Wildman–Crippen MR) is 93.4 cm³/mol. The van der Waals surface area contributed by atoms with Crippen LogP contribution in [0.5, 0.6) is 0 Å². The van der Waals surface area contributed by atoms with E-state index in [0.29, 0.717) is 18.9 Å². The van der Waals surface area contributed by atoms with Crippen LogP contribution in [0.1, 0.15) is 9.67 Å². The molecule has 7 nitrogen and oxygen atoms in total. The van der Waals surface area contributed by atoms with Crippen LogP contribution in [0.3, 0.4) is 0 Å². The topological polar surface area (TPSA) is 84.7 Å². The van der Waals surface area contributed by atoms with E-state index in [2.05, 4.69) is 10.2 Å². The lowest BCUT2D eigenvalue weighted by molar-refractivity contribution is -0.384. The van der Waals surface area contributed by atoms with Crippen LogP contribution in [0.2, 0.25) is 4.34 Å². The maximum absolute atomic E-state index is 12.4. The number of carbonyl (C=O) groups excluding carboxylic acids is 1. The van der Waals surface area contributed by atoms with Gasteiger partial charge in [0.1, 0.15) is 4.88 Å². The first-order chi connectivity index (χ1) is 11.6. The first-order valence-corrected chi connectivity index (χ1v) is 8.42. The zero-order chi connectivity index (χ0) is 17.1. The first kappa shape index (κ1) is 16.7. The quantitative estimate of drug-likeness (QED) is 0.661. The van der Waals surface area contributed by atoms with Gasteiger partial charge < -0.3 is 15.0 Å². The van der Waals surface area contributed by atoms with Gasteiger partial charge in [-0.05, 0) is 12.1 Å². The Hall–Kier alpha value is -2.16. The second kappa shape index (κ2) is 7.16. The van der Waals surface area contributed by atoms with Crippen LogP contribution < -0.4 is 10.2 Å². The monoisotopic (exact) mass is 367 g/mol. The smallest absolute Gasteiger partial charge is 0.299 e. The van der Waals surface area contributed by atoms with Crippen molar-refractivity contribution in [3.05, 3.63) is 49.7 Å². The minimum Gasteiger partial charge on any atom is -0.378 e. The van der Waals surface area contributed by atoms with Crippen molar-refractivity contribution in [1.82, 2.24) is 0 Å². The number of amides is 1. The van der Waals surface area contributed by atoms with Crippen molar-refractivity contribution in [3.63, 3.8) is 0 Å². The summed E-state index contributed by atoms with van der Waals surface area (Å²) < 4.78 is 5.34. The molecule has 126 valence electrons. The number of morpholine rings is 1. The molecule has 0 spiro atoms. The molecule has 2 aromatic rings. The van der Waals surface area contributed by atoms with Gasteiger partial charge in [0.25, 0.3) is 11.6 Å². The fourth-order valence-electron chi connectivity index (χ4n) is 2.44. The molecular formula is C15H14ClN3O4S. The number of anilines is 2. The summed E-state index contributed by atoms with van der Waals surface area (Å²) in [6.07, 6.45) is 0. The number of thiophene rings is 1. The van der Waals surface area contributed by atoms with Crippen LogP contribution in [0.4, 0.5) is 17.1 Å². The molecule has 1 aliphatic rings. The van der Waals surface area contributed by atoms with Crippen LogP contribution in [-0.2, 0) is 4.74 Å². The lowest BCUT2D eigenvalue weighted by Crippen LogP contribution is -2.36. The van der Waals surface area contributed by atoms with Gasteiger partial charge in [0.05, 0.1) is 29.5 Å². The summed E-state index contributed by atoms with van der Waals surface area (Å²) in [6, 6.07) is 8.63. The van der Waals surface area contributed by atoms with Gasteiger partial charge in [-0.2, -0.15) is 0 Å². The van der Waals surface area contributed by atoms with Crippen molar-refractivity contribution < 1.29 is 14.5 Å². The Morgan fingerprint density at radius 2 is 2.04 bits per heavy atom. The van der Waals surface area contributed by atoms with Gasteiger partial charge in [0, 0.05) is 19.2 Å². The molecule has 1 aromatic heterocycles. The molecule has 1 fully saturated rings. The average molecular weight is 368 g/mol. The van der Waals surface area contributed by atoms with E-state index in [1.807, 2.05) is 18.2 Å². The van der Waals surface area contributed by atoms with E-state index < -0.39 is 10.8 Å². The minimum atomic E-state index is -0.600. The molecule has 1 saturated heterocycles. The van der Waals surface area contributed by atoms with Crippen molar-refractivity contribution in [2.24, 2.45) is 0 Å². The highest BCUT2D eigenvalue weighted by atomic mass is 35.5. The van der Waals surface area contributed by atoms with E-state index in [9.17, 15) is 14.9 Å². The van der Waals surface area contributed by atoms with Crippen LogP contribution >= 0.6 is 22.9 Å². The first-order valence-electron chi connectivity index (χ1n) is 7.23. The molecule has 0 radical (unpaired) electrons. The SMILES string of the molecule is O=C(Nc1ccccc1N1CCOCC1)c1cc([N+](=O)[O-])c(Cl)s1. The number of hydrogen-bond donors (Lipinski definition) is 1. The normalized spacial score (nSPS) is 14.5. The predicted octanol–water partition coefficient (Wildman–Crippen LogP) is 3.40. The van der Waals surface area contributed by atoms with Crippen molar-refractivity contribution in [1.29, 1.82) is 0 Å². The number of ether oxygens (including phenoxy) is 1. The largest absolute Gasteiger partial charge is 0.378 e. The Bertz CT molecular complexity index is 774. The summed E-state index contributed by atoms with van der Waals surface area (Å²) in [7, 11) is 0. The molecule has 1 N–H and O–H groups in total. The van der Waals surface area contributed by atoms with E-state index in [1.54, 1.807) is 6.07 Å². The van der Waals surface area contributed by atoms with Crippen molar-refractivity contribution in [2.75, 3.05) is 36.5 Å². The third-order valence-electron chi connectivity index (χ3n) is 3.59. The van der Waals surface area contributed by atoms with Crippen molar-refractivity contribution in [3.8, 4) is 0 Å². The molecule has 0 bridgehead atoms. The number of benzene rings is 1. The van der Waals surface area contributed by atoms with Gasteiger partial charge >= 0.3 is 0 Å². The number of nitro groups is 1. The zero-order valence-corrected chi connectivity index (χ0v) is 14.1. The van der Waals surface area contributed by atoms with Crippen LogP contribution in [-0.4, -0.2) is 37.1 Å². The molecular weight excluding hydrogens is 354 g/mol. The van der Waals surface area contributed by atoms with E-state index in [4.69, 9.17) is 16.3 Å². The van der Waals surface area contributed by atoms with Crippen molar-refractivity contribution >= 4 is 45.9 Å². The van der Waals surface area contributed by atoms with Gasteiger partial charge in [-0.3, -0.25) is 14.9 Å². The van der Waals surface area contributed by atoms with Gasteiger partial charge in [0.2, 0.25) is 0 Å². The number of nitrogens with zero attached hydrogens (tertiary/aromatic N) is 2. The second-order valence-electron chi connectivity index (χ2n) is 5.10. The van der Waals surface area contributed by atoms with Gasteiger partial charge in [-0.25, -0.2) is 0 Å². The van der Waals surface area contributed by atoms with E-state index in [1.165, 1.54) is 6.07 Å². The Labute approximate surface area is 146 Å². The highest BCUT2D eigenvalue weighted by Gasteiger charge is 2.22. The minimum absolute atomic E-state index is 0.00776. The molecule has 3 rings (SSSR count). The van der Waals surface area contributed by atoms with Crippen LogP contribution in [0.15, 0.2) is 30.3 Å². The number of para-hydroxylation sites is 2. The molecule has 0 unspecified atom stereocenters. The van der Waals surface area contributed by atoms with Gasteiger partial charge in [-0.15, -0.1) is 11.3 Å². The zero-order valence-electron chi connectivity index (χ0n) is 12.5. The molecule has 0 atom stereocenters. The summed E-state index contributed by atoms with van der Waals surface area (Å²) in [5, 5.41) is 13.7. The standard InChI is InChI=1S/C15H14ClN3O4S/c16-14-12(19(21)22)9-13(24-14)15(20)17-10-3-1-2-4-11(10)18-5-7-23-8-6-18/h1-4,9H,5-8H2,(H,17,20). The van der Waals surface area contributed by atoms with Crippen molar-refractivity contribution in [2.45, 2.75) is 0 Å². The number of nitrogens with one attached hydrogen (secondary N) is 1. The summed E-state index contributed by atoms with van der Waals surface area (Å²) >= 11 is 6.70. The molecule has 1 amide bonds. The highest BCUT2D eigenvalue weighted by molar-refractivity contribution is 7.18. The molecule has 2 heterocycles. The number of halogens is 1. The average Bonchev–Trinajstić information content (AvgIpc) is 2.98. The molecule has 1 aliphatic heterocycles. The fourth-order valence-corrected chi connectivity index (χ4v) is 3.56. The molecule has 9 heteroatoms. The molecule has 1 aromatic carbocycles. The van der Waals surface area contributed by atoms with Crippen LogP contribution in [0, 0.1) is 10.1 Å². The third kappa shape index (κ3) is 3.50. The maximum Gasteiger partial charge on any atom is 0.299 e. The van der Waals surface area contributed by atoms with Gasteiger partial charge in [0.15, 0.2) is 4.34 Å². The molecule has 0 aliphatic carbocycles. The van der Waals surface area contributed by atoms with Gasteiger partial charge in [-0.1, -0.05) is 23.7 Å². The summed E-state index contributed by atoms with van der Waals surface area (Å²) in [6.45, 7) is 2.75. The van der Waals surface area contributed by atoms with E-state index in [-0.39, 0.29) is 14.9 Å². The maximum atomic E-state index is 12.4. The van der Waals surface area contributed by atoms with E-state index >= 15 is 0 Å². The van der Waals surface area contributed by atoms with E-state index in [0.717, 1.165) is 30.1 Å². The fraction of sp³-hybridized carbons (Fsp3) is 0.267. The lowest BCUT2D eigenvalue weighted by Gasteiger charge is -2.30. The Morgan fingerprint density at radius 1 is 1.33 bits per heavy atom. The number of rotatable bonds is 4. The molecule has 0 saturated carbocycles.